The molecule has 0 aliphatic heterocycles. The molecule has 1 rings (SSSR count). The molecule has 0 aliphatic carbocycles. The second-order valence-corrected chi connectivity index (χ2v) is 3.95. The van der Waals surface area contributed by atoms with Crippen LogP contribution in [0.25, 0.3) is 5.57 Å². The molecule has 0 bridgehead atoms. The number of hydrogen-bond donors (Lipinski definition) is 1. The van der Waals surface area contributed by atoms with Crippen LogP contribution in [0.1, 0.15) is 12.5 Å². The van der Waals surface area contributed by atoms with E-state index in [4.69, 9.17) is 4.55 Å². The van der Waals surface area contributed by atoms with Crippen LogP contribution in [-0.4, -0.2) is 31.8 Å². The van der Waals surface area contributed by atoms with Gasteiger partial charge in [-0.15, -0.1) is 0 Å². The Labute approximate surface area is 95.8 Å². The summed E-state index contributed by atoms with van der Waals surface area (Å²) in [4.78, 5) is 0. The zero-order chi connectivity index (χ0) is 9.90. The van der Waals surface area contributed by atoms with E-state index >= 15 is 0 Å². The van der Waals surface area contributed by atoms with Crippen molar-refractivity contribution in [2.45, 2.75) is 6.92 Å². The Hall–Kier alpha value is -0.533. The molecule has 14 heavy (non-hydrogen) atoms. The summed E-state index contributed by atoms with van der Waals surface area (Å²) in [5.74, 6) is 0. The fourth-order valence-corrected chi connectivity index (χ4v) is 1.58. The van der Waals surface area contributed by atoms with Crippen LogP contribution in [0.4, 0.5) is 0 Å². The molecule has 0 saturated heterocycles. The Balaban J connectivity index is 0.00000169. The van der Waals surface area contributed by atoms with Crippen LogP contribution in [0.5, 0.6) is 0 Å². The third-order valence-electron chi connectivity index (χ3n) is 1.55. The molecule has 0 spiro atoms. The van der Waals surface area contributed by atoms with Crippen molar-refractivity contribution in [2.75, 3.05) is 0 Å². The van der Waals surface area contributed by atoms with Crippen LogP contribution in [0.2, 0.25) is 0 Å². The molecule has 1 aromatic rings. The fraction of sp³-hybridized carbons (Fsp3) is 0.111. The van der Waals surface area contributed by atoms with Crippen LogP contribution in [-0.2, 0) is 10.1 Å². The maximum absolute atomic E-state index is 10.5. The predicted octanol–water partition coefficient (Wildman–Crippen LogP) is 1.55. The van der Waals surface area contributed by atoms with Crippen LogP contribution < -0.4 is 0 Å². The van der Waals surface area contributed by atoms with Gasteiger partial charge in [0.1, 0.15) is 0 Å². The van der Waals surface area contributed by atoms with Crippen molar-refractivity contribution >= 4 is 34.6 Å². The molecule has 0 aliphatic rings. The van der Waals surface area contributed by atoms with Gasteiger partial charge in [-0.05, 0) is 18.1 Å². The van der Waals surface area contributed by atoms with Crippen LogP contribution >= 0.6 is 0 Å². The van der Waals surface area contributed by atoms with Gasteiger partial charge in [0.15, 0.2) is 0 Å². The van der Waals surface area contributed by atoms with Crippen molar-refractivity contribution in [1.29, 1.82) is 0 Å². The zero-order valence-electron chi connectivity index (χ0n) is 8.14. The monoisotopic (exact) mass is 205 g/mol. The van der Waals surface area contributed by atoms with E-state index in [-0.39, 0.29) is 18.9 Å². The summed E-state index contributed by atoms with van der Waals surface area (Å²) in [6.07, 6.45) is 0. The summed E-state index contributed by atoms with van der Waals surface area (Å²) >= 11 is 0. The van der Waals surface area contributed by atoms with Crippen molar-refractivity contribution in [3.8, 4) is 0 Å². The Bertz CT molecular complexity index is 409. The molecule has 1 aromatic carbocycles. The first kappa shape index (κ1) is 13.5. The van der Waals surface area contributed by atoms with Gasteiger partial charge in [-0.3, -0.25) is 4.55 Å². The van der Waals surface area contributed by atoms with Gasteiger partial charge in [-0.2, -0.15) is 8.42 Å². The molecule has 0 atom stereocenters. The summed E-state index contributed by atoms with van der Waals surface area (Å²) in [7, 11) is -4.03. The second-order valence-electron chi connectivity index (χ2n) is 2.68. The topological polar surface area (TPSA) is 54.4 Å². The second kappa shape index (κ2) is 5.37. The van der Waals surface area contributed by atoms with Crippen molar-refractivity contribution < 1.29 is 13.0 Å². The maximum atomic E-state index is 10.5. The molecule has 5 heteroatoms. The summed E-state index contributed by atoms with van der Waals surface area (Å²) in [5.41, 5.74) is 1.29. The number of hydrogen-bond acceptors (Lipinski definition) is 2. The van der Waals surface area contributed by atoms with E-state index in [2.05, 4.69) is 0 Å². The molecule has 71 valence electrons. The standard InChI is InChI=1S/C9H10O3S.Li/c1-8(7-13(10,11)12)9-5-3-2-4-6-9;/h2-7H,1H3,(H,10,11,12);. The summed E-state index contributed by atoms with van der Waals surface area (Å²) < 4.78 is 29.5. The molecular weight excluding hydrogens is 195 g/mol. The first-order valence-corrected chi connectivity index (χ1v) is 5.20. The van der Waals surface area contributed by atoms with E-state index in [0.717, 1.165) is 11.0 Å². The smallest absolute Gasteiger partial charge is 0.282 e. The first-order valence-electron chi connectivity index (χ1n) is 3.70. The molecule has 3 nitrogen and oxygen atoms in total. The Morgan fingerprint density at radius 3 is 2.21 bits per heavy atom. The van der Waals surface area contributed by atoms with Gasteiger partial charge >= 0.3 is 0 Å². The van der Waals surface area contributed by atoms with E-state index in [9.17, 15) is 8.42 Å². The SMILES string of the molecule is CC(=CS(=O)(=O)O)c1ccccc1.[Li]. The van der Waals surface area contributed by atoms with Crippen molar-refractivity contribution in [1.82, 2.24) is 0 Å². The zero-order valence-corrected chi connectivity index (χ0v) is 8.95. The van der Waals surface area contributed by atoms with Crippen LogP contribution in [0.3, 0.4) is 0 Å². The molecule has 0 aromatic heterocycles. The van der Waals surface area contributed by atoms with Crippen LogP contribution in [0.15, 0.2) is 35.7 Å². The molecule has 0 amide bonds. The largest absolute Gasteiger partial charge is 0.287 e. The molecule has 0 heterocycles. The van der Waals surface area contributed by atoms with Crippen molar-refractivity contribution in [3.63, 3.8) is 0 Å². The first-order chi connectivity index (χ1) is 5.99. The van der Waals surface area contributed by atoms with Gasteiger partial charge in [0.2, 0.25) is 0 Å². The minimum absolute atomic E-state index is 0. The average Bonchev–Trinajstić information content (AvgIpc) is 2.03. The van der Waals surface area contributed by atoms with E-state index in [1.165, 1.54) is 0 Å². The third kappa shape index (κ3) is 4.63. The average molecular weight is 205 g/mol. The maximum Gasteiger partial charge on any atom is 0.287 e. The number of benzene rings is 1. The van der Waals surface area contributed by atoms with Gasteiger partial charge in [-0.1, -0.05) is 30.3 Å². The van der Waals surface area contributed by atoms with E-state index < -0.39 is 10.1 Å². The Morgan fingerprint density at radius 1 is 1.29 bits per heavy atom. The third-order valence-corrected chi connectivity index (χ3v) is 2.21. The molecular formula is C9H10LiO3S. The van der Waals surface area contributed by atoms with E-state index in [0.29, 0.717) is 5.57 Å². The summed E-state index contributed by atoms with van der Waals surface area (Å²) in [5, 5.41) is 0.836. The van der Waals surface area contributed by atoms with Gasteiger partial charge in [0.05, 0.1) is 5.41 Å². The molecule has 0 unspecified atom stereocenters. The van der Waals surface area contributed by atoms with Crippen molar-refractivity contribution in [2.24, 2.45) is 0 Å². The summed E-state index contributed by atoms with van der Waals surface area (Å²) in [6.45, 7) is 1.63. The van der Waals surface area contributed by atoms with E-state index in [1.54, 1.807) is 31.2 Å². The summed E-state index contributed by atoms with van der Waals surface area (Å²) in [6, 6.07) is 8.99. The quantitative estimate of drug-likeness (QED) is 0.588. The fourth-order valence-electron chi connectivity index (χ4n) is 0.992. The van der Waals surface area contributed by atoms with Gasteiger partial charge in [-0.25, -0.2) is 0 Å². The van der Waals surface area contributed by atoms with Gasteiger partial charge in [0, 0.05) is 18.9 Å². The number of rotatable bonds is 2. The molecule has 0 saturated carbocycles. The van der Waals surface area contributed by atoms with Crippen molar-refractivity contribution in [3.05, 3.63) is 41.3 Å². The predicted molar refractivity (Wildman–Crippen MR) is 57.4 cm³/mol. The van der Waals surface area contributed by atoms with E-state index in [1.807, 2.05) is 6.07 Å². The van der Waals surface area contributed by atoms with Crippen LogP contribution in [0, 0.1) is 0 Å². The minimum Gasteiger partial charge on any atom is -0.282 e. The van der Waals surface area contributed by atoms with Gasteiger partial charge < -0.3 is 0 Å². The number of allylic oxidation sites excluding steroid dienone is 1. The molecule has 1 radical (unpaired) electrons. The Kier molecular flexibility index (Phi) is 5.17. The molecule has 0 fully saturated rings. The Morgan fingerprint density at radius 2 is 1.79 bits per heavy atom. The van der Waals surface area contributed by atoms with Gasteiger partial charge in [0.25, 0.3) is 10.1 Å². The molecule has 1 N–H and O–H groups in total. The normalized spacial score (nSPS) is 12.0. The minimum atomic E-state index is -4.03.